The Morgan fingerprint density at radius 2 is 2.04 bits per heavy atom. The van der Waals surface area contributed by atoms with Crippen molar-refractivity contribution < 1.29 is 23.9 Å². The first-order valence-electron chi connectivity index (χ1n) is 8.52. The molecule has 1 aromatic carbocycles. The van der Waals surface area contributed by atoms with E-state index in [1.807, 2.05) is 12.1 Å². The predicted molar refractivity (Wildman–Crippen MR) is 99.5 cm³/mol. The van der Waals surface area contributed by atoms with E-state index in [-0.39, 0.29) is 5.78 Å². The predicted octanol–water partition coefficient (Wildman–Crippen LogP) is 3.02. The third kappa shape index (κ3) is 3.00. The molecule has 1 saturated heterocycles. The number of thiol groups is 1. The zero-order valence-electron chi connectivity index (χ0n) is 14.6. The maximum Gasteiger partial charge on any atom is 0.326 e. The van der Waals surface area contributed by atoms with E-state index < -0.39 is 28.6 Å². The van der Waals surface area contributed by atoms with Gasteiger partial charge in [-0.15, -0.1) is 0 Å². The summed E-state index contributed by atoms with van der Waals surface area (Å²) in [6.07, 6.45) is 2.44. The summed E-state index contributed by atoms with van der Waals surface area (Å²) in [6.45, 7) is 3.57. The molecule has 1 aliphatic heterocycles. The molecule has 3 atom stereocenters. The van der Waals surface area contributed by atoms with Gasteiger partial charge in [-0.05, 0) is 25.8 Å². The van der Waals surface area contributed by atoms with Gasteiger partial charge in [-0.1, -0.05) is 25.1 Å². The molecule has 0 aliphatic carbocycles. The summed E-state index contributed by atoms with van der Waals surface area (Å²) in [5, 5.41) is 10.0. The largest absolute Gasteiger partial charge is 0.480 e. The second-order valence-electron chi connectivity index (χ2n) is 6.87. The minimum atomic E-state index is -1.33. The standard InChI is InChI=1S/C19H21NO5S/c1-11(16(21)13-10-25-15-8-4-3-6-12(13)15)19(2,26)18(24)20-9-5-7-14(20)17(22)23/h3-4,6,8,10-11,14,26H,5,7,9H2,1-2H3,(H,22,23)/t11?,14-,19?/m0/s1. The van der Waals surface area contributed by atoms with Crippen molar-refractivity contribution in [3.63, 3.8) is 0 Å². The van der Waals surface area contributed by atoms with E-state index >= 15 is 0 Å². The maximum atomic E-state index is 13.0. The smallest absolute Gasteiger partial charge is 0.326 e. The molecule has 1 aliphatic rings. The highest BCUT2D eigenvalue weighted by molar-refractivity contribution is 7.82. The average Bonchev–Trinajstić information content (AvgIpc) is 3.26. The Kier molecular flexibility index (Phi) is 4.84. The minimum absolute atomic E-state index is 0.258. The van der Waals surface area contributed by atoms with E-state index in [0.29, 0.717) is 35.9 Å². The molecule has 6 nitrogen and oxygen atoms in total. The van der Waals surface area contributed by atoms with Gasteiger partial charge in [-0.2, -0.15) is 12.6 Å². The minimum Gasteiger partial charge on any atom is -0.480 e. The van der Waals surface area contributed by atoms with Crippen LogP contribution in [0.3, 0.4) is 0 Å². The highest BCUT2D eigenvalue weighted by Crippen LogP contribution is 2.34. The number of Topliss-reactive ketones (excluding diaryl/α,β-unsaturated/α-hetero) is 1. The van der Waals surface area contributed by atoms with Gasteiger partial charge < -0.3 is 14.4 Å². The first-order valence-corrected chi connectivity index (χ1v) is 8.96. The van der Waals surface area contributed by atoms with Crippen molar-refractivity contribution in [1.29, 1.82) is 0 Å². The van der Waals surface area contributed by atoms with Crippen molar-refractivity contribution in [3.05, 3.63) is 36.1 Å². The summed E-state index contributed by atoms with van der Waals surface area (Å²) in [7, 11) is 0. The van der Waals surface area contributed by atoms with Gasteiger partial charge >= 0.3 is 5.97 Å². The first-order chi connectivity index (χ1) is 12.2. The van der Waals surface area contributed by atoms with Crippen molar-refractivity contribution in [2.24, 2.45) is 5.92 Å². The number of furan rings is 1. The van der Waals surface area contributed by atoms with E-state index in [0.717, 1.165) is 0 Å². The first kappa shape index (κ1) is 18.5. The molecule has 1 aromatic heterocycles. The van der Waals surface area contributed by atoms with Gasteiger partial charge in [0.25, 0.3) is 0 Å². The van der Waals surface area contributed by atoms with Gasteiger partial charge in [0.2, 0.25) is 5.91 Å². The number of aliphatic carboxylic acids is 1. The number of fused-ring (bicyclic) bond motifs is 1. The van der Waals surface area contributed by atoms with Crippen LogP contribution in [-0.2, 0) is 9.59 Å². The molecule has 26 heavy (non-hydrogen) atoms. The number of likely N-dealkylation sites (tertiary alicyclic amines) is 1. The number of para-hydroxylation sites is 1. The van der Waals surface area contributed by atoms with Gasteiger partial charge in [0, 0.05) is 17.8 Å². The van der Waals surface area contributed by atoms with Gasteiger partial charge in [-0.25, -0.2) is 4.79 Å². The van der Waals surface area contributed by atoms with Gasteiger partial charge in [0.1, 0.15) is 17.9 Å². The Morgan fingerprint density at radius 1 is 1.35 bits per heavy atom. The van der Waals surface area contributed by atoms with Crippen LogP contribution in [0.15, 0.2) is 34.9 Å². The number of rotatable bonds is 5. The van der Waals surface area contributed by atoms with E-state index in [1.54, 1.807) is 26.0 Å². The number of hydrogen-bond donors (Lipinski definition) is 2. The quantitative estimate of drug-likeness (QED) is 0.620. The third-order valence-electron chi connectivity index (χ3n) is 5.21. The van der Waals surface area contributed by atoms with Crippen LogP contribution in [0.2, 0.25) is 0 Å². The number of hydrogen-bond acceptors (Lipinski definition) is 5. The molecule has 3 rings (SSSR count). The number of carboxylic acids is 1. The fourth-order valence-corrected chi connectivity index (χ4v) is 3.65. The summed E-state index contributed by atoms with van der Waals surface area (Å²) >= 11 is 4.49. The highest BCUT2D eigenvalue weighted by Gasteiger charge is 2.46. The number of carboxylic acid groups (broad SMARTS) is 1. The zero-order valence-corrected chi connectivity index (χ0v) is 15.5. The second kappa shape index (κ2) is 6.79. The summed E-state index contributed by atoms with van der Waals surface area (Å²) in [6, 6.07) is 6.33. The lowest BCUT2D eigenvalue weighted by Crippen LogP contribution is -2.52. The van der Waals surface area contributed by atoms with Crippen LogP contribution >= 0.6 is 12.6 Å². The number of carbonyl (C=O) groups excluding carboxylic acids is 2. The molecule has 138 valence electrons. The van der Waals surface area contributed by atoms with Crippen LogP contribution in [0.1, 0.15) is 37.0 Å². The van der Waals surface area contributed by atoms with E-state index in [1.165, 1.54) is 11.2 Å². The molecule has 1 N–H and O–H groups in total. The molecule has 2 heterocycles. The molecule has 1 amide bonds. The molecule has 0 saturated carbocycles. The van der Waals surface area contributed by atoms with E-state index in [2.05, 4.69) is 12.6 Å². The molecule has 7 heteroatoms. The molecule has 0 bridgehead atoms. The Morgan fingerprint density at radius 3 is 2.73 bits per heavy atom. The fourth-order valence-electron chi connectivity index (χ4n) is 3.40. The molecular weight excluding hydrogens is 354 g/mol. The lowest BCUT2D eigenvalue weighted by Gasteiger charge is -2.34. The zero-order chi connectivity index (χ0) is 19.1. The average molecular weight is 375 g/mol. The number of amides is 1. The lowest BCUT2D eigenvalue weighted by atomic mass is 9.86. The van der Waals surface area contributed by atoms with Crippen LogP contribution in [0.4, 0.5) is 0 Å². The summed E-state index contributed by atoms with van der Waals surface area (Å²) in [5.41, 5.74) is 0.998. The SMILES string of the molecule is CC(C(=O)c1coc2ccccc12)C(C)(S)C(=O)N1CCC[C@H]1C(=O)O. The number of nitrogens with zero attached hydrogens (tertiary/aromatic N) is 1. The van der Waals surface area contributed by atoms with Crippen molar-refractivity contribution in [2.75, 3.05) is 6.54 Å². The Labute approximate surface area is 156 Å². The van der Waals surface area contributed by atoms with Crippen molar-refractivity contribution >= 4 is 41.3 Å². The molecular formula is C19H21NO5S. The van der Waals surface area contributed by atoms with Gasteiger partial charge in [0.05, 0.1) is 10.3 Å². The summed E-state index contributed by atoms with van der Waals surface area (Å²) < 4.78 is 4.10. The third-order valence-corrected chi connectivity index (χ3v) is 5.79. The monoisotopic (exact) mass is 375 g/mol. The van der Waals surface area contributed by atoms with Crippen LogP contribution in [0.25, 0.3) is 11.0 Å². The summed E-state index contributed by atoms with van der Waals surface area (Å²) in [5.74, 6) is -2.47. The van der Waals surface area contributed by atoms with Gasteiger partial charge in [-0.3, -0.25) is 9.59 Å². The number of ketones is 1. The fraction of sp³-hybridized carbons (Fsp3) is 0.421. The number of carbonyl (C=O) groups is 3. The van der Waals surface area contributed by atoms with Gasteiger partial charge in [0.15, 0.2) is 5.78 Å². The molecule has 2 unspecified atom stereocenters. The Hall–Kier alpha value is -2.28. The Bertz CT molecular complexity index is 872. The molecule has 0 radical (unpaired) electrons. The number of benzene rings is 1. The van der Waals surface area contributed by atoms with Crippen molar-refractivity contribution in [1.82, 2.24) is 4.90 Å². The van der Waals surface area contributed by atoms with Crippen LogP contribution in [0.5, 0.6) is 0 Å². The molecule has 1 fully saturated rings. The Balaban J connectivity index is 1.87. The normalized spacial score (nSPS) is 20.7. The molecule has 2 aromatic rings. The van der Waals surface area contributed by atoms with Crippen LogP contribution in [0, 0.1) is 5.92 Å². The maximum absolute atomic E-state index is 13.0. The lowest BCUT2D eigenvalue weighted by molar-refractivity contribution is -0.149. The van der Waals surface area contributed by atoms with Crippen molar-refractivity contribution in [2.45, 2.75) is 37.5 Å². The molecule has 0 spiro atoms. The summed E-state index contributed by atoms with van der Waals surface area (Å²) in [4.78, 5) is 38.7. The van der Waals surface area contributed by atoms with Crippen LogP contribution in [-0.4, -0.2) is 45.0 Å². The second-order valence-corrected chi connectivity index (χ2v) is 7.80. The topological polar surface area (TPSA) is 87.8 Å². The highest BCUT2D eigenvalue weighted by atomic mass is 32.1. The van der Waals surface area contributed by atoms with Crippen LogP contribution < -0.4 is 0 Å². The van der Waals surface area contributed by atoms with Crippen molar-refractivity contribution in [3.8, 4) is 0 Å². The van der Waals surface area contributed by atoms with E-state index in [4.69, 9.17) is 4.42 Å². The van der Waals surface area contributed by atoms with E-state index in [9.17, 15) is 19.5 Å².